The molecule has 2 heterocycles. The Morgan fingerprint density at radius 1 is 1.22 bits per heavy atom. The maximum absolute atomic E-state index is 13.2. The van der Waals surface area contributed by atoms with Crippen molar-refractivity contribution in [3.05, 3.63) is 86.3 Å². The normalized spacial score (nSPS) is 16.9. The second-order valence-electron chi connectivity index (χ2n) is 9.06. The van der Waals surface area contributed by atoms with Crippen LogP contribution in [-0.4, -0.2) is 38.7 Å². The van der Waals surface area contributed by atoms with Gasteiger partial charge in [-0.3, -0.25) is 14.5 Å². The number of carbonyl (C=O) groups is 3. The van der Waals surface area contributed by atoms with Crippen LogP contribution in [0.25, 0.3) is 0 Å². The van der Waals surface area contributed by atoms with Crippen LogP contribution in [0.5, 0.6) is 0 Å². The second-order valence-corrected chi connectivity index (χ2v) is 12.1. The van der Waals surface area contributed by atoms with E-state index in [2.05, 4.69) is 21.6 Å². The van der Waals surface area contributed by atoms with Crippen LogP contribution in [0.4, 0.5) is 10.8 Å². The summed E-state index contributed by atoms with van der Waals surface area (Å²) in [5.41, 5.74) is 8.83. The highest BCUT2D eigenvalue weighted by atomic mass is 35.5. The van der Waals surface area contributed by atoms with Crippen molar-refractivity contribution in [3.63, 3.8) is 0 Å². The maximum Gasteiger partial charge on any atom is 0.337 e. The number of carboxylic acid groups (broad SMARTS) is 1. The molecule has 0 fully saturated rings. The summed E-state index contributed by atoms with van der Waals surface area (Å²) >= 11 is 14.4. The lowest BCUT2D eigenvalue weighted by Crippen LogP contribution is -2.38. The molecule has 2 aliphatic rings. The Balaban J connectivity index is 1.39. The highest BCUT2D eigenvalue weighted by molar-refractivity contribution is 8.01. The molecule has 14 heteroatoms. The number of carbonyl (C=O) groups excluding carboxylic acids is 2. The summed E-state index contributed by atoms with van der Waals surface area (Å²) < 4.78 is 0.463. The molecule has 0 spiro atoms. The number of benzene rings is 2. The number of hydrogen-bond acceptors (Lipinski definition) is 10. The number of hydrogen-bond donors (Lipinski definition) is 3. The number of allylic oxidation sites excluding steroid dienone is 3. The van der Waals surface area contributed by atoms with Crippen LogP contribution in [0.15, 0.2) is 69.5 Å². The molecule has 208 valence electrons. The Kier molecular flexibility index (Phi) is 8.32. The third-order valence-electron chi connectivity index (χ3n) is 6.49. The van der Waals surface area contributed by atoms with Gasteiger partial charge in [0, 0.05) is 28.4 Å². The molecule has 1 atom stereocenters. The van der Waals surface area contributed by atoms with Gasteiger partial charge >= 0.3 is 5.97 Å². The Labute approximate surface area is 252 Å². The van der Waals surface area contributed by atoms with Crippen LogP contribution in [0.2, 0.25) is 10.0 Å². The molecule has 1 unspecified atom stereocenters. The van der Waals surface area contributed by atoms with Crippen molar-refractivity contribution in [2.45, 2.75) is 29.5 Å². The molecule has 0 radical (unpaired) electrons. The van der Waals surface area contributed by atoms with Crippen LogP contribution in [-0.2, 0) is 9.59 Å². The van der Waals surface area contributed by atoms with Crippen LogP contribution in [0.1, 0.15) is 41.1 Å². The van der Waals surface area contributed by atoms with Gasteiger partial charge in [-0.1, -0.05) is 58.4 Å². The van der Waals surface area contributed by atoms with E-state index in [1.165, 1.54) is 29.5 Å². The Morgan fingerprint density at radius 3 is 2.76 bits per heavy atom. The number of aromatic nitrogens is 2. The van der Waals surface area contributed by atoms with Crippen molar-refractivity contribution in [3.8, 4) is 6.07 Å². The lowest BCUT2D eigenvalue weighted by Gasteiger charge is -2.38. The molecule has 0 saturated heterocycles. The molecule has 1 aliphatic heterocycles. The lowest BCUT2D eigenvalue weighted by molar-refractivity contribution is -0.116. The van der Waals surface area contributed by atoms with Crippen LogP contribution < -0.4 is 16.0 Å². The monoisotopic (exact) mass is 626 g/mol. The number of anilines is 2. The minimum Gasteiger partial charge on any atom is -0.478 e. The molecule has 0 saturated carbocycles. The second kappa shape index (κ2) is 11.9. The average Bonchev–Trinajstić information content (AvgIpc) is 3.40. The first kappa shape index (κ1) is 28.6. The first-order chi connectivity index (χ1) is 19.7. The van der Waals surface area contributed by atoms with Crippen molar-refractivity contribution in [1.82, 2.24) is 10.2 Å². The summed E-state index contributed by atoms with van der Waals surface area (Å²) in [6, 6.07) is 13.4. The third-order valence-corrected chi connectivity index (χ3v) is 9.10. The lowest BCUT2D eigenvalue weighted by atomic mass is 9.76. The highest BCUT2D eigenvalue weighted by Crippen LogP contribution is 2.47. The fourth-order valence-electron chi connectivity index (χ4n) is 4.77. The van der Waals surface area contributed by atoms with Crippen LogP contribution >= 0.6 is 46.3 Å². The standard InChI is InChI=1S/C27H20Cl2N6O4S2/c28-14-4-1-3-13(9-14)22-17(11-30)24(31)35(19-5-2-6-20(36)23(19)22)26-33-34-27(41-26)40-12-21(37)32-15-7-8-18(29)16(10-15)25(38)39/h1,3-4,7-10,22H,2,5-6,12,31H2,(H,32,37)(H,38,39). The summed E-state index contributed by atoms with van der Waals surface area (Å²) in [5.74, 6) is -2.17. The largest absolute Gasteiger partial charge is 0.478 e. The van der Waals surface area contributed by atoms with Gasteiger partial charge in [0.05, 0.1) is 33.9 Å². The first-order valence-corrected chi connectivity index (χ1v) is 14.7. The number of thioether (sulfide) groups is 1. The zero-order chi connectivity index (χ0) is 29.3. The third kappa shape index (κ3) is 5.80. The van der Waals surface area contributed by atoms with E-state index in [-0.39, 0.29) is 39.4 Å². The molecule has 1 aliphatic carbocycles. The van der Waals surface area contributed by atoms with Gasteiger partial charge in [-0.25, -0.2) is 4.79 Å². The van der Waals surface area contributed by atoms with Gasteiger partial charge in [-0.2, -0.15) is 5.26 Å². The smallest absolute Gasteiger partial charge is 0.337 e. The zero-order valence-corrected chi connectivity index (χ0v) is 24.2. The Hall–Kier alpha value is -3.89. The van der Waals surface area contributed by atoms with Crippen molar-refractivity contribution in [2.24, 2.45) is 5.73 Å². The van der Waals surface area contributed by atoms with Gasteiger partial charge < -0.3 is 16.2 Å². The SMILES string of the molecule is N#CC1=C(N)N(c2nnc(SCC(=O)Nc3ccc(Cl)c(C(=O)O)c3)s2)C2=C(C(=O)CCC2)C1c1cccc(Cl)c1. The molecular weight excluding hydrogens is 607 g/mol. The van der Waals surface area contributed by atoms with Crippen molar-refractivity contribution < 1.29 is 19.5 Å². The highest BCUT2D eigenvalue weighted by Gasteiger charge is 2.41. The van der Waals surface area contributed by atoms with E-state index in [9.17, 15) is 24.8 Å². The summed E-state index contributed by atoms with van der Waals surface area (Å²) in [4.78, 5) is 38.7. The van der Waals surface area contributed by atoms with Crippen LogP contribution in [0, 0.1) is 11.3 Å². The molecular formula is C27H20Cl2N6O4S2. The van der Waals surface area contributed by atoms with Gasteiger partial charge in [-0.05, 0) is 48.7 Å². The van der Waals surface area contributed by atoms with E-state index < -0.39 is 11.9 Å². The van der Waals surface area contributed by atoms with E-state index >= 15 is 0 Å². The summed E-state index contributed by atoms with van der Waals surface area (Å²) in [6.07, 6.45) is 1.54. The molecule has 1 aromatic heterocycles. The molecule has 0 bridgehead atoms. The predicted molar refractivity (Wildman–Crippen MR) is 157 cm³/mol. The van der Waals surface area contributed by atoms with Crippen molar-refractivity contribution >= 4 is 74.8 Å². The number of aromatic carboxylic acids is 1. The molecule has 10 nitrogen and oxygen atoms in total. The van der Waals surface area contributed by atoms with E-state index in [0.29, 0.717) is 56.3 Å². The molecule has 4 N–H and O–H groups in total. The minimum absolute atomic E-state index is 0.0301. The number of ketones is 1. The number of rotatable bonds is 7. The maximum atomic E-state index is 13.2. The van der Waals surface area contributed by atoms with Gasteiger partial charge in [0.2, 0.25) is 11.0 Å². The number of carboxylic acids is 1. The number of nitrogens with two attached hydrogens (primary N) is 1. The molecule has 1 amide bonds. The number of nitrogens with one attached hydrogen (secondary N) is 1. The average molecular weight is 628 g/mol. The van der Waals surface area contributed by atoms with Crippen molar-refractivity contribution in [2.75, 3.05) is 16.0 Å². The fraction of sp³-hybridized carbons (Fsp3) is 0.185. The first-order valence-electron chi connectivity index (χ1n) is 12.2. The number of nitriles is 1. The van der Waals surface area contributed by atoms with Crippen molar-refractivity contribution in [1.29, 1.82) is 5.26 Å². The number of Topliss-reactive ketones (excluding diaryl/α,β-unsaturated/α-hetero) is 1. The quantitative estimate of drug-likeness (QED) is 0.282. The molecule has 41 heavy (non-hydrogen) atoms. The van der Waals surface area contributed by atoms with Crippen LogP contribution in [0.3, 0.4) is 0 Å². The van der Waals surface area contributed by atoms with E-state index in [1.807, 2.05) is 6.07 Å². The van der Waals surface area contributed by atoms with Gasteiger partial charge in [-0.15, -0.1) is 10.2 Å². The number of nitrogens with zero attached hydrogens (tertiary/aromatic N) is 4. The summed E-state index contributed by atoms with van der Waals surface area (Å²) in [6.45, 7) is 0. The Morgan fingerprint density at radius 2 is 2.02 bits per heavy atom. The molecule has 5 rings (SSSR count). The van der Waals surface area contributed by atoms with E-state index in [4.69, 9.17) is 28.9 Å². The molecule has 2 aromatic carbocycles. The zero-order valence-electron chi connectivity index (χ0n) is 21.1. The summed E-state index contributed by atoms with van der Waals surface area (Å²) in [7, 11) is 0. The van der Waals surface area contributed by atoms with Gasteiger partial charge in [0.1, 0.15) is 5.82 Å². The van der Waals surface area contributed by atoms with Gasteiger partial charge in [0.25, 0.3) is 0 Å². The van der Waals surface area contributed by atoms with E-state index in [1.54, 1.807) is 23.1 Å². The number of amides is 1. The van der Waals surface area contributed by atoms with Gasteiger partial charge in [0.15, 0.2) is 10.1 Å². The minimum atomic E-state index is -1.20. The topological polar surface area (TPSA) is 162 Å². The number of halogens is 2. The summed E-state index contributed by atoms with van der Waals surface area (Å²) in [5, 5.41) is 31.4. The van der Waals surface area contributed by atoms with E-state index in [0.717, 1.165) is 11.8 Å². The Bertz CT molecular complexity index is 1700. The predicted octanol–water partition coefficient (Wildman–Crippen LogP) is 5.58. The molecule has 3 aromatic rings. The fourth-order valence-corrected chi connectivity index (χ4v) is 6.84.